The molecule has 0 spiro atoms. The minimum atomic E-state index is -1.32. The van der Waals surface area contributed by atoms with Gasteiger partial charge in [-0.1, -0.05) is 36.4 Å². The summed E-state index contributed by atoms with van der Waals surface area (Å²) in [4.78, 5) is 25.0. The van der Waals surface area contributed by atoms with Gasteiger partial charge in [0.2, 0.25) is 0 Å². The van der Waals surface area contributed by atoms with E-state index in [0.717, 1.165) is 29.5 Å². The topological polar surface area (TPSA) is 89.9 Å². The van der Waals surface area contributed by atoms with E-state index in [4.69, 9.17) is 5.11 Å². The first-order valence-corrected chi connectivity index (χ1v) is 9.67. The highest BCUT2D eigenvalue weighted by molar-refractivity contribution is 5.83. The summed E-state index contributed by atoms with van der Waals surface area (Å²) in [6.07, 6.45) is 0.351. The Morgan fingerprint density at radius 3 is 2.31 bits per heavy atom. The minimum absolute atomic E-state index is 0.266. The van der Waals surface area contributed by atoms with Crippen molar-refractivity contribution < 1.29 is 24.2 Å². The Balaban J connectivity index is 1.58. The summed E-state index contributed by atoms with van der Waals surface area (Å²) in [6, 6.07) is 12.7. The third kappa shape index (κ3) is 5.12. The van der Waals surface area contributed by atoms with Crippen molar-refractivity contribution >= 4 is 12.0 Å². The summed E-state index contributed by atoms with van der Waals surface area (Å²) in [5.74, 6) is -1.23. The van der Waals surface area contributed by atoms with Crippen molar-refractivity contribution in [3.8, 4) is 11.1 Å². The first-order chi connectivity index (χ1) is 13.8. The summed E-state index contributed by atoms with van der Waals surface area (Å²) < 4.78 is 13.4. The monoisotopic (exact) mass is 400 g/mol. The maximum atomic E-state index is 13.4. The smallest absolute Gasteiger partial charge is 0.328 e. The molecule has 3 rings (SSSR count). The zero-order chi connectivity index (χ0) is 21.0. The van der Waals surface area contributed by atoms with Gasteiger partial charge < -0.3 is 20.4 Å². The molecule has 29 heavy (non-hydrogen) atoms. The van der Waals surface area contributed by atoms with Gasteiger partial charge in [-0.2, -0.15) is 0 Å². The van der Waals surface area contributed by atoms with Crippen molar-refractivity contribution in [1.29, 1.82) is 0 Å². The van der Waals surface area contributed by atoms with E-state index in [2.05, 4.69) is 5.32 Å². The second-order valence-corrected chi connectivity index (χ2v) is 7.40. The van der Waals surface area contributed by atoms with Gasteiger partial charge in [-0.05, 0) is 54.5 Å². The molecule has 3 N–H and O–H groups in total. The van der Waals surface area contributed by atoms with Crippen LogP contribution in [0.25, 0.3) is 11.1 Å². The lowest BCUT2D eigenvalue weighted by Crippen LogP contribution is -2.53. The van der Waals surface area contributed by atoms with E-state index in [1.807, 2.05) is 30.3 Å². The fourth-order valence-corrected chi connectivity index (χ4v) is 3.64. The number of aliphatic hydroxyl groups is 1. The standard InChI is InChI=1S/C22H25FN2O4/c1-14(26)20(21(27)28)24-22(29)25-11-9-17(10-12-25)15-5-7-16(8-6-15)18-3-2-4-19(23)13-18/h2-8,13-14,17,20,26H,9-12H2,1H3,(H,24,29)(H,27,28)/t14-,20+/m1/s1. The Bertz CT molecular complexity index is 861. The van der Waals surface area contributed by atoms with Crippen LogP contribution in [0.4, 0.5) is 9.18 Å². The lowest BCUT2D eigenvalue weighted by Gasteiger charge is -2.33. The van der Waals surface area contributed by atoms with Crippen molar-refractivity contribution in [2.75, 3.05) is 13.1 Å². The molecule has 0 bridgehead atoms. The molecule has 1 aliphatic heterocycles. The first kappa shape index (κ1) is 20.8. The number of piperidine rings is 1. The molecule has 0 aromatic heterocycles. The lowest BCUT2D eigenvalue weighted by molar-refractivity contribution is -0.141. The highest BCUT2D eigenvalue weighted by atomic mass is 19.1. The van der Waals surface area contributed by atoms with Crippen molar-refractivity contribution in [2.24, 2.45) is 0 Å². The molecule has 0 radical (unpaired) electrons. The number of carbonyl (C=O) groups excluding carboxylic acids is 1. The van der Waals surface area contributed by atoms with Gasteiger partial charge in [0, 0.05) is 13.1 Å². The summed E-state index contributed by atoms with van der Waals surface area (Å²) >= 11 is 0. The van der Waals surface area contributed by atoms with Crippen molar-refractivity contribution in [3.63, 3.8) is 0 Å². The summed E-state index contributed by atoms with van der Waals surface area (Å²) in [5, 5.41) is 21.0. The van der Waals surface area contributed by atoms with Gasteiger partial charge in [0.15, 0.2) is 6.04 Å². The second-order valence-electron chi connectivity index (χ2n) is 7.40. The van der Waals surface area contributed by atoms with Crippen LogP contribution in [0.15, 0.2) is 48.5 Å². The van der Waals surface area contributed by atoms with Crippen LogP contribution in [-0.2, 0) is 4.79 Å². The van der Waals surface area contributed by atoms with E-state index < -0.39 is 24.1 Å². The number of benzene rings is 2. The van der Waals surface area contributed by atoms with Gasteiger partial charge in [-0.3, -0.25) is 0 Å². The van der Waals surface area contributed by atoms with Crippen LogP contribution >= 0.6 is 0 Å². The molecule has 1 fully saturated rings. The lowest BCUT2D eigenvalue weighted by atomic mass is 9.88. The average Bonchev–Trinajstić information content (AvgIpc) is 2.71. The highest BCUT2D eigenvalue weighted by Gasteiger charge is 2.29. The van der Waals surface area contributed by atoms with Crippen molar-refractivity contribution in [1.82, 2.24) is 10.2 Å². The Kier molecular flexibility index (Phi) is 6.49. The molecule has 2 aromatic rings. The molecule has 0 aliphatic carbocycles. The third-order valence-corrected chi connectivity index (χ3v) is 5.35. The van der Waals surface area contributed by atoms with Crippen LogP contribution in [0.3, 0.4) is 0 Å². The zero-order valence-electron chi connectivity index (χ0n) is 16.2. The number of aliphatic carboxylic acids is 1. The number of likely N-dealkylation sites (tertiary alicyclic amines) is 1. The molecular formula is C22H25FN2O4. The zero-order valence-corrected chi connectivity index (χ0v) is 16.2. The molecule has 1 saturated heterocycles. The Labute approximate surface area is 169 Å². The van der Waals surface area contributed by atoms with Gasteiger partial charge in [-0.25, -0.2) is 14.0 Å². The van der Waals surface area contributed by atoms with Crippen LogP contribution in [0, 0.1) is 5.82 Å². The van der Waals surface area contributed by atoms with E-state index in [0.29, 0.717) is 19.0 Å². The maximum absolute atomic E-state index is 13.4. The molecule has 0 saturated carbocycles. The van der Waals surface area contributed by atoms with Gasteiger partial charge in [0.05, 0.1) is 6.10 Å². The number of rotatable bonds is 5. The van der Waals surface area contributed by atoms with Crippen molar-refractivity contribution in [2.45, 2.75) is 37.8 Å². The number of hydrogen-bond donors (Lipinski definition) is 3. The number of carbonyl (C=O) groups is 2. The summed E-state index contributed by atoms with van der Waals surface area (Å²) in [7, 11) is 0. The second kappa shape index (κ2) is 9.05. The molecule has 2 atom stereocenters. The molecule has 6 nitrogen and oxygen atoms in total. The Morgan fingerprint density at radius 1 is 1.10 bits per heavy atom. The van der Waals surface area contributed by atoms with E-state index in [1.54, 1.807) is 11.0 Å². The van der Waals surface area contributed by atoms with Crippen LogP contribution in [0.5, 0.6) is 0 Å². The fraction of sp³-hybridized carbons (Fsp3) is 0.364. The number of nitrogens with zero attached hydrogens (tertiary/aromatic N) is 1. The van der Waals surface area contributed by atoms with Gasteiger partial charge in [0.1, 0.15) is 5.82 Å². The Hall–Kier alpha value is -2.93. The quantitative estimate of drug-likeness (QED) is 0.719. The van der Waals surface area contributed by atoms with Crippen LogP contribution in [-0.4, -0.2) is 52.3 Å². The molecule has 7 heteroatoms. The molecule has 1 heterocycles. The summed E-state index contributed by atoms with van der Waals surface area (Å²) in [6.45, 7) is 2.35. The number of urea groups is 1. The van der Waals surface area contributed by atoms with E-state index in [1.165, 1.54) is 19.1 Å². The van der Waals surface area contributed by atoms with Gasteiger partial charge >= 0.3 is 12.0 Å². The summed E-state index contributed by atoms with van der Waals surface area (Å²) in [5.41, 5.74) is 2.94. The van der Waals surface area contributed by atoms with Gasteiger partial charge in [-0.15, -0.1) is 0 Å². The van der Waals surface area contributed by atoms with Crippen LogP contribution in [0.2, 0.25) is 0 Å². The fourth-order valence-electron chi connectivity index (χ4n) is 3.64. The van der Waals surface area contributed by atoms with Crippen molar-refractivity contribution in [3.05, 3.63) is 59.9 Å². The Morgan fingerprint density at radius 2 is 1.76 bits per heavy atom. The predicted octanol–water partition coefficient (Wildman–Crippen LogP) is 3.22. The third-order valence-electron chi connectivity index (χ3n) is 5.35. The highest BCUT2D eigenvalue weighted by Crippen LogP contribution is 2.30. The normalized spacial score (nSPS) is 16.9. The first-order valence-electron chi connectivity index (χ1n) is 9.67. The van der Waals surface area contributed by atoms with Crippen LogP contribution < -0.4 is 5.32 Å². The number of halogens is 1. The SMILES string of the molecule is C[C@@H](O)[C@H](NC(=O)N1CCC(c2ccc(-c3cccc(F)c3)cc2)CC1)C(=O)O. The molecule has 2 amide bonds. The molecule has 0 unspecified atom stereocenters. The largest absolute Gasteiger partial charge is 0.480 e. The maximum Gasteiger partial charge on any atom is 0.328 e. The number of hydrogen-bond acceptors (Lipinski definition) is 3. The van der Waals surface area contributed by atoms with Crippen LogP contribution in [0.1, 0.15) is 31.2 Å². The number of amides is 2. The van der Waals surface area contributed by atoms with E-state index in [9.17, 15) is 19.1 Å². The number of aliphatic hydroxyl groups excluding tert-OH is 1. The molecular weight excluding hydrogens is 375 g/mol. The number of carboxylic acid groups (broad SMARTS) is 1. The molecule has 2 aromatic carbocycles. The number of carboxylic acids is 1. The number of nitrogens with one attached hydrogen (secondary N) is 1. The van der Waals surface area contributed by atoms with E-state index in [-0.39, 0.29) is 5.82 Å². The van der Waals surface area contributed by atoms with E-state index >= 15 is 0 Å². The van der Waals surface area contributed by atoms with Gasteiger partial charge in [0.25, 0.3) is 0 Å². The molecule has 1 aliphatic rings. The minimum Gasteiger partial charge on any atom is -0.480 e. The predicted molar refractivity (Wildman–Crippen MR) is 107 cm³/mol. The molecule has 154 valence electrons. The average molecular weight is 400 g/mol.